The van der Waals surface area contributed by atoms with Gasteiger partial charge in [0.1, 0.15) is 24.8 Å². The van der Waals surface area contributed by atoms with Gasteiger partial charge in [0.25, 0.3) is 0 Å². The second-order valence-corrected chi connectivity index (χ2v) is 9.39. The molecule has 3 aliphatic rings. The SMILES string of the molecule is O=C(O)CCOc1c(F)cccc1C1CCC(OCC2[NH2+]CCCC23COCC(=O)N3)CC1. The van der Waals surface area contributed by atoms with Gasteiger partial charge < -0.3 is 30.0 Å². The van der Waals surface area contributed by atoms with Crippen molar-refractivity contribution in [2.45, 2.75) is 68.5 Å². The quantitative estimate of drug-likeness (QED) is 0.534. The van der Waals surface area contributed by atoms with Gasteiger partial charge in [-0.25, -0.2) is 4.39 Å². The van der Waals surface area contributed by atoms with Gasteiger partial charge in [-0.3, -0.25) is 9.59 Å². The molecule has 0 radical (unpaired) electrons. The van der Waals surface area contributed by atoms with Crippen LogP contribution >= 0.6 is 0 Å². The molecular weight excluding hydrogens is 431 g/mol. The Labute approximate surface area is 193 Å². The molecule has 2 aliphatic heterocycles. The molecular formula is C24H34FN2O6+. The number of nitrogens with two attached hydrogens (primary N) is 1. The van der Waals surface area contributed by atoms with Crippen LogP contribution in [0.25, 0.3) is 0 Å². The van der Waals surface area contributed by atoms with E-state index in [9.17, 15) is 14.0 Å². The number of carbonyl (C=O) groups excluding carboxylic acids is 1. The Morgan fingerprint density at radius 3 is 2.88 bits per heavy atom. The van der Waals surface area contributed by atoms with Gasteiger partial charge in [-0.2, -0.15) is 0 Å². The molecule has 1 saturated carbocycles. The molecule has 1 spiro atoms. The van der Waals surface area contributed by atoms with Crippen LogP contribution in [0.1, 0.15) is 56.4 Å². The van der Waals surface area contributed by atoms with E-state index in [0.29, 0.717) is 13.2 Å². The van der Waals surface area contributed by atoms with E-state index in [1.54, 1.807) is 6.07 Å². The van der Waals surface area contributed by atoms with Gasteiger partial charge >= 0.3 is 5.97 Å². The molecule has 1 aromatic carbocycles. The maximum Gasteiger partial charge on any atom is 0.306 e. The first kappa shape index (κ1) is 23.9. The van der Waals surface area contributed by atoms with E-state index in [1.165, 1.54) is 6.07 Å². The summed E-state index contributed by atoms with van der Waals surface area (Å²) in [5.74, 6) is -1.15. The van der Waals surface area contributed by atoms with E-state index in [1.807, 2.05) is 6.07 Å². The van der Waals surface area contributed by atoms with Crippen molar-refractivity contribution < 1.29 is 38.6 Å². The number of carboxylic acid groups (broad SMARTS) is 1. The van der Waals surface area contributed by atoms with Gasteiger partial charge in [-0.05, 0) is 50.5 Å². The maximum absolute atomic E-state index is 14.4. The van der Waals surface area contributed by atoms with Gasteiger partial charge in [0, 0.05) is 5.56 Å². The number of nitrogens with one attached hydrogen (secondary N) is 1. The highest BCUT2D eigenvalue weighted by Gasteiger charge is 2.47. The van der Waals surface area contributed by atoms with E-state index in [4.69, 9.17) is 19.3 Å². The smallest absolute Gasteiger partial charge is 0.306 e. The summed E-state index contributed by atoms with van der Waals surface area (Å²) in [6.45, 7) is 2.17. The molecule has 2 saturated heterocycles. The molecule has 2 heterocycles. The number of halogens is 1. The van der Waals surface area contributed by atoms with Crippen molar-refractivity contribution in [3.8, 4) is 5.75 Å². The Kier molecular flexibility index (Phi) is 7.82. The van der Waals surface area contributed by atoms with Crippen LogP contribution in [-0.2, 0) is 19.1 Å². The van der Waals surface area contributed by atoms with Crippen molar-refractivity contribution in [1.29, 1.82) is 0 Å². The highest BCUT2D eigenvalue weighted by Crippen LogP contribution is 2.39. The molecule has 1 amide bonds. The number of quaternary nitrogens is 1. The first-order valence-electron chi connectivity index (χ1n) is 11.9. The first-order chi connectivity index (χ1) is 16.0. The zero-order valence-corrected chi connectivity index (χ0v) is 18.9. The molecule has 4 N–H and O–H groups in total. The molecule has 2 unspecified atom stereocenters. The van der Waals surface area contributed by atoms with Crippen molar-refractivity contribution in [3.05, 3.63) is 29.6 Å². The Morgan fingerprint density at radius 1 is 1.30 bits per heavy atom. The lowest BCUT2D eigenvalue weighted by molar-refractivity contribution is -0.709. The van der Waals surface area contributed by atoms with Crippen molar-refractivity contribution in [1.82, 2.24) is 5.32 Å². The summed E-state index contributed by atoms with van der Waals surface area (Å²) in [7, 11) is 0. The molecule has 33 heavy (non-hydrogen) atoms. The van der Waals surface area contributed by atoms with Crippen LogP contribution in [0.4, 0.5) is 4.39 Å². The fourth-order valence-electron chi connectivity index (χ4n) is 5.41. The minimum Gasteiger partial charge on any atom is -0.490 e. The lowest BCUT2D eigenvalue weighted by Gasteiger charge is -2.44. The number of ether oxygens (including phenoxy) is 3. The van der Waals surface area contributed by atoms with Crippen molar-refractivity contribution in [2.24, 2.45) is 0 Å². The zero-order chi connectivity index (χ0) is 23.3. The van der Waals surface area contributed by atoms with Crippen molar-refractivity contribution in [2.75, 3.05) is 33.0 Å². The largest absolute Gasteiger partial charge is 0.490 e. The van der Waals surface area contributed by atoms with Gasteiger partial charge in [-0.15, -0.1) is 0 Å². The summed E-state index contributed by atoms with van der Waals surface area (Å²) in [4.78, 5) is 22.7. The summed E-state index contributed by atoms with van der Waals surface area (Å²) in [5.41, 5.74) is 0.453. The number of hydrogen-bond acceptors (Lipinski definition) is 5. The van der Waals surface area contributed by atoms with E-state index in [-0.39, 0.29) is 54.9 Å². The van der Waals surface area contributed by atoms with Crippen LogP contribution in [-0.4, -0.2) is 67.6 Å². The van der Waals surface area contributed by atoms with E-state index in [0.717, 1.165) is 50.6 Å². The summed E-state index contributed by atoms with van der Waals surface area (Å²) in [5, 5.41) is 14.3. The predicted molar refractivity (Wildman–Crippen MR) is 117 cm³/mol. The van der Waals surface area contributed by atoms with Gasteiger partial charge in [0.15, 0.2) is 11.6 Å². The van der Waals surface area contributed by atoms with Crippen molar-refractivity contribution >= 4 is 11.9 Å². The fourth-order valence-corrected chi connectivity index (χ4v) is 5.41. The fraction of sp³-hybridized carbons (Fsp3) is 0.667. The molecule has 1 aliphatic carbocycles. The number of rotatable bonds is 8. The molecule has 8 nitrogen and oxygen atoms in total. The minimum absolute atomic E-state index is 0.0540. The van der Waals surface area contributed by atoms with Crippen LogP contribution in [0.2, 0.25) is 0 Å². The van der Waals surface area contributed by atoms with Gasteiger partial charge in [0.2, 0.25) is 5.91 Å². The van der Waals surface area contributed by atoms with Crippen LogP contribution < -0.4 is 15.4 Å². The Bertz CT molecular complexity index is 840. The van der Waals surface area contributed by atoms with Crippen LogP contribution in [0.3, 0.4) is 0 Å². The third-order valence-electron chi connectivity index (χ3n) is 7.15. The van der Waals surface area contributed by atoms with E-state index >= 15 is 0 Å². The number of benzene rings is 1. The molecule has 3 fully saturated rings. The van der Waals surface area contributed by atoms with Crippen molar-refractivity contribution in [3.63, 3.8) is 0 Å². The summed E-state index contributed by atoms with van der Waals surface area (Å²) < 4.78 is 31.8. The molecule has 0 bridgehead atoms. The minimum atomic E-state index is -0.970. The van der Waals surface area contributed by atoms with Gasteiger partial charge in [-0.1, -0.05) is 12.1 Å². The summed E-state index contributed by atoms with van der Waals surface area (Å²) in [6, 6.07) is 5.03. The topological polar surface area (TPSA) is 111 Å². The number of para-hydroxylation sites is 1. The molecule has 4 rings (SSSR count). The van der Waals surface area contributed by atoms with Crippen LogP contribution in [0, 0.1) is 5.82 Å². The average molecular weight is 466 g/mol. The molecule has 182 valence electrons. The number of aliphatic carboxylic acids is 1. The Balaban J connectivity index is 1.31. The zero-order valence-electron chi connectivity index (χ0n) is 18.9. The summed E-state index contributed by atoms with van der Waals surface area (Å²) in [6.07, 6.45) is 5.32. The number of carbonyl (C=O) groups is 2. The number of amides is 1. The molecule has 1 aromatic rings. The molecule has 2 atom stereocenters. The predicted octanol–water partition coefficient (Wildman–Crippen LogP) is 1.33. The van der Waals surface area contributed by atoms with Crippen LogP contribution in [0.15, 0.2) is 18.2 Å². The number of morpholine rings is 1. The standard InChI is InChI=1S/C24H33FN2O6/c25-19-4-1-3-18(23(19)32-12-9-22(29)30)16-5-7-17(8-6-16)33-13-20-24(10-2-11-26-20)15-31-14-21(28)27-24/h1,3-4,16-17,20,26H,2,5-15H2,(H,27,28)(H,29,30)/p+1. The molecule has 9 heteroatoms. The number of hydrogen-bond donors (Lipinski definition) is 3. The Hall–Kier alpha value is -2.23. The third-order valence-corrected chi connectivity index (χ3v) is 7.15. The van der Waals surface area contributed by atoms with E-state index in [2.05, 4.69) is 10.6 Å². The van der Waals surface area contributed by atoms with Crippen LogP contribution in [0.5, 0.6) is 5.75 Å². The number of carboxylic acids is 1. The number of piperidine rings is 1. The maximum atomic E-state index is 14.4. The summed E-state index contributed by atoms with van der Waals surface area (Å²) >= 11 is 0. The van der Waals surface area contributed by atoms with Gasteiger partial charge in [0.05, 0.1) is 32.3 Å². The third kappa shape index (κ3) is 5.83. The average Bonchev–Trinajstić information content (AvgIpc) is 2.80. The highest BCUT2D eigenvalue weighted by molar-refractivity contribution is 5.78. The first-order valence-corrected chi connectivity index (χ1v) is 11.9. The lowest BCUT2D eigenvalue weighted by Crippen LogP contribution is -3.00. The Morgan fingerprint density at radius 2 is 2.12 bits per heavy atom. The van der Waals surface area contributed by atoms with E-state index < -0.39 is 11.8 Å². The monoisotopic (exact) mass is 465 g/mol. The second kappa shape index (κ2) is 10.8. The lowest BCUT2D eigenvalue weighted by atomic mass is 9.81. The normalized spacial score (nSPS) is 30.1. The molecule has 0 aromatic heterocycles. The second-order valence-electron chi connectivity index (χ2n) is 9.39. The highest BCUT2D eigenvalue weighted by atomic mass is 19.1.